The van der Waals surface area contributed by atoms with Gasteiger partial charge in [-0.15, -0.1) is 0 Å². The van der Waals surface area contributed by atoms with E-state index in [2.05, 4.69) is 15.4 Å². The molecule has 0 aliphatic heterocycles. The summed E-state index contributed by atoms with van der Waals surface area (Å²) in [5.74, 6) is -5.22. The predicted octanol–water partition coefficient (Wildman–Crippen LogP) is 4.97. The lowest BCUT2D eigenvalue weighted by molar-refractivity contribution is -0.171. The maximum atomic E-state index is 13.5. The Bertz CT molecular complexity index is 1430. The molecule has 0 heterocycles. The van der Waals surface area contributed by atoms with Crippen molar-refractivity contribution in [2.75, 3.05) is 12.8 Å². The third kappa shape index (κ3) is 13.4. The number of hydrogen-bond donors (Lipinski definition) is 3. The summed E-state index contributed by atoms with van der Waals surface area (Å²) in [5.41, 5.74) is 2.57. The van der Waals surface area contributed by atoms with Crippen LogP contribution < -0.4 is 10.6 Å². The summed E-state index contributed by atoms with van der Waals surface area (Å²) in [6.45, 7) is 10.1. The van der Waals surface area contributed by atoms with E-state index in [0.29, 0.717) is 5.56 Å². The second-order valence-electron chi connectivity index (χ2n) is 11.3. The van der Waals surface area contributed by atoms with Gasteiger partial charge in [0.1, 0.15) is 11.8 Å². The topological polar surface area (TPSA) is 193 Å². The Morgan fingerprint density at radius 1 is 0.750 bits per heavy atom. The van der Waals surface area contributed by atoms with Crippen LogP contribution in [0.1, 0.15) is 54.0 Å². The van der Waals surface area contributed by atoms with Crippen LogP contribution in [-0.2, 0) is 49.1 Å². The summed E-state index contributed by atoms with van der Waals surface area (Å²) in [7, 11) is -4.31. The number of hydrogen-bond acceptors (Lipinski definition) is 11. The maximum Gasteiger partial charge on any atom is 0.511 e. The minimum Gasteiger partial charge on any atom is -0.435 e. The van der Waals surface area contributed by atoms with E-state index in [-0.39, 0.29) is 13.0 Å². The lowest BCUT2D eigenvalue weighted by Gasteiger charge is -2.26. The molecule has 2 aromatic rings. The first kappa shape index (κ1) is 39.8. The minimum absolute atomic E-state index is 0.00888. The zero-order valence-electron chi connectivity index (χ0n) is 28.2. The normalized spacial score (nSPS) is 15.4. The molecule has 3 N–H and O–H groups in total. The molecular weight excluding hydrogens is 647 g/mol. The third-order valence-corrected chi connectivity index (χ3v) is 9.18. The molecule has 264 valence electrons. The van der Waals surface area contributed by atoms with Gasteiger partial charge in [-0.1, -0.05) is 68.4 Å². The van der Waals surface area contributed by atoms with Crippen molar-refractivity contribution >= 4 is 37.5 Å². The molecule has 14 nitrogen and oxygen atoms in total. The summed E-state index contributed by atoms with van der Waals surface area (Å²) in [5, 5.41) is 4.77. The number of amides is 2. The van der Waals surface area contributed by atoms with Crippen LogP contribution >= 0.6 is 7.37 Å². The smallest absolute Gasteiger partial charge is 0.435 e. The van der Waals surface area contributed by atoms with E-state index in [1.54, 1.807) is 32.9 Å². The number of carbonyl (C=O) groups is 5. The molecule has 15 heteroatoms. The number of rotatable bonds is 16. The average Bonchev–Trinajstić information content (AvgIpc) is 3.01. The Balaban J connectivity index is 2.19. The highest BCUT2D eigenvalue weighted by Gasteiger charge is 2.36. The number of carbonyl (C=O) groups excluding carboxylic acids is 5. The summed E-state index contributed by atoms with van der Waals surface area (Å²) in [6.07, 6.45) is -5.28. The van der Waals surface area contributed by atoms with Crippen molar-refractivity contribution in [3.05, 3.63) is 60.2 Å². The Labute approximate surface area is 280 Å². The molecule has 48 heavy (non-hydrogen) atoms. The predicted molar refractivity (Wildman–Crippen MR) is 175 cm³/mol. The molecular formula is C33H45N2O12P. The maximum absolute atomic E-state index is 13.5. The van der Waals surface area contributed by atoms with Gasteiger partial charge in [0.15, 0.2) is 0 Å². The molecule has 0 saturated heterocycles. The van der Waals surface area contributed by atoms with Crippen LogP contribution in [0.5, 0.6) is 0 Å². The molecule has 0 aliphatic rings. The first-order chi connectivity index (χ1) is 22.5. The number of esters is 2. The first-order valence-corrected chi connectivity index (χ1v) is 17.4. The van der Waals surface area contributed by atoms with Crippen molar-refractivity contribution in [2.24, 2.45) is 11.8 Å². The number of benzene rings is 2. The highest BCUT2D eigenvalue weighted by molar-refractivity contribution is 7.58. The van der Waals surface area contributed by atoms with Gasteiger partial charge >= 0.3 is 24.2 Å². The monoisotopic (exact) mass is 692 g/mol. The molecule has 0 bridgehead atoms. The van der Waals surface area contributed by atoms with E-state index in [4.69, 9.17) is 18.9 Å². The number of alkyl carbamates (subject to hydrolysis) is 1. The Morgan fingerprint density at radius 3 is 1.90 bits per heavy atom. The van der Waals surface area contributed by atoms with Crippen molar-refractivity contribution in [3.63, 3.8) is 0 Å². The Morgan fingerprint density at radius 2 is 1.31 bits per heavy atom. The van der Waals surface area contributed by atoms with Crippen molar-refractivity contribution in [1.29, 1.82) is 0 Å². The molecule has 2 aromatic carbocycles. The van der Waals surface area contributed by atoms with Crippen LogP contribution in [0.15, 0.2) is 54.6 Å². The van der Waals surface area contributed by atoms with E-state index in [9.17, 15) is 33.4 Å². The molecule has 0 aromatic heterocycles. The van der Waals surface area contributed by atoms with Gasteiger partial charge in [0, 0.05) is 20.0 Å². The van der Waals surface area contributed by atoms with Gasteiger partial charge in [0.25, 0.3) is 0 Å². The molecule has 2 rings (SSSR count). The van der Waals surface area contributed by atoms with Crippen LogP contribution in [0.25, 0.3) is 11.1 Å². The van der Waals surface area contributed by atoms with Crippen LogP contribution in [0.2, 0.25) is 0 Å². The lowest BCUT2D eigenvalue weighted by atomic mass is 9.97. The molecule has 0 aliphatic carbocycles. The van der Waals surface area contributed by atoms with Crippen molar-refractivity contribution in [2.45, 2.75) is 79.3 Å². The van der Waals surface area contributed by atoms with Gasteiger partial charge in [0.05, 0.1) is 18.4 Å². The first-order valence-electron chi connectivity index (χ1n) is 15.5. The van der Waals surface area contributed by atoms with Crippen LogP contribution in [0, 0.1) is 11.8 Å². The van der Waals surface area contributed by atoms with Crippen LogP contribution in [0.3, 0.4) is 0 Å². The molecule has 0 fully saturated rings. The molecule has 0 radical (unpaired) electrons. The largest absolute Gasteiger partial charge is 0.511 e. The van der Waals surface area contributed by atoms with Gasteiger partial charge in [-0.05, 0) is 43.9 Å². The van der Waals surface area contributed by atoms with Crippen molar-refractivity contribution < 1.29 is 57.1 Å². The SMILES string of the molecule is CCOC(=O)OC(C)OC(=O)C(C)NC(=O)C(Cc1ccc(-c2ccccc2)cc1)CP(=O)(O)C(C)NC(=O)OC(C)OC(=O)C(C)C. The average molecular weight is 693 g/mol. The Kier molecular flexibility index (Phi) is 15.6. The molecule has 6 unspecified atom stereocenters. The van der Waals surface area contributed by atoms with Crippen LogP contribution in [-0.4, -0.2) is 72.2 Å². The fourth-order valence-electron chi connectivity index (χ4n) is 4.21. The van der Waals surface area contributed by atoms with E-state index >= 15 is 0 Å². The van der Waals surface area contributed by atoms with E-state index in [1.807, 2.05) is 42.5 Å². The second kappa shape index (κ2) is 18.8. The lowest BCUT2D eigenvalue weighted by Crippen LogP contribution is -2.45. The number of ether oxygens (including phenoxy) is 5. The number of nitrogens with one attached hydrogen (secondary N) is 2. The Hall–Kier alpha value is -4.42. The van der Waals surface area contributed by atoms with Gasteiger partial charge in [-0.2, -0.15) is 0 Å². The van der Waals surface area contributed by atoms with Gasteiger partial charge in [-0.3, -0.25) is 14.2 Å². The van der Waals surface area contributed by atoms with Crippen LogP contribution in [0.4, 0.5) is 9.59 Å². The van der Waals surface area contributed by atoms with Crippen molar-refractivity contribution in [1.82, 2.24) is 10.6 Å². The van der Waals surface area contributed by atoms with E-state index in [0.717, 1.165) is 11.1 Å². The fraction of sp³-hybridized carbons (Fsp3) is 0.485. The highest BCUT2D eigenvalue weighted by atomic mass is 31.2. The fourth-order valence-corrected chi connectivity index (χ4v) is 5.76. The summed E-state index contributed by atoms with van der Waals surface area (Å²) in [6, 6.07) is 15.7. The zero-order chi connectivity index (χ0) is 36.0. The van der Waals surface area contributed by atoms with E-state index in [1.165, 1.54) is 27.7 Å². The van der Waals surface area contributed by atoms with Gasteiger partial charge < -0.3 is 39.2 Å². The van der Waals surface area contributed by atoms with Crippen molar-refractivity contribution in [3.8, 4) is 11.1 Å². The summed E-state index contributed by atoms with van der Waals surface area (Å²) >= 11 is 0. The zero-order valence-corrected chi connectivity index (χ0v) is 29.1. The molecule has 2 amide bonds. The molecule has 0 spiro atoms. The summed E-state index contributed by atoms with van der Waals surface area (Å²) in [4.78, 5) is 72.9. The van der Waals surface area contributed by atoms with Gasteiger partial charge in [-0.25, -0.2) is 14.4 Å². The quantitative estimate of drug-likeness (QED) is 0.0928. The highest BCUT2D eigenvalue weighted by Crippen LogP contribution is 2.47. The van der Waals surface area contributed by atoms with E-state index < -0.39 is 79.9 Å². The molecule has 0 saturated carbocycles. The standard InChI is InChI=1S/C33H45N2O12P/c1-8-43-33(40)47-24(7)45-31(38)21(4)34-29(36)28(18-25-14-16-27(17-15-25)26-12-10-9-11-13-26)19-48(41,42)22(5)35-32(39)46-23(6)44-30(37)20(2)3/h9-17,20-24,28H,8,18-19H2,1-7H3,(H,34,36)(H,35,39)(H,41,42). The second-order valence-corrected chi connectivity index (χ2v) is 14.0. The third-order valence-electron chi connectivity index (χ3n) is 6.87. The minimum atomic E-state index is -4.31. The van der Waals surface area contributed by atoms with Gasteiger partial charge in [0.2, 0.25) is 25.9 Å². The molecule has 6 atom stereocenters. The summed E-state index contributed by atoms with van der Waals surface area (Å²) < 4.78 is 38.0.